The number of unbranched alkanes of at least 4 members (excludes halogenated alkanes) is 1. The van der Waals surface area contributed by atoms with Crippen LogP contribution in [0.3, 0.4) is 0 Å². The quantitative estimate of drug-likeness (QED) is 0.845. The number of aromatic nitrogens is 2. The first-order chi connectivity index (χ1) is 10.6. The van der Waals surface area contributed by atoms with E-state index in [2.05, 4.69) is 27.1 Å². The lowest BCUT2D eigenvalue weighted by Crippen LogP contribution is -2.20. The summed E-state index contributed by atoms with van der Waals surface area (Å²) in [5.41, 5.74) is 1.01. The van der Waals surface area contributed by atoms with E-state index in [4.69, 9.17) is 0 Å². The van der Waals surface area contributed by atoms with Crippen molar-refractivity contribution in [2.45, 2.75) is 33.2 Å². The summed E-state index contributed by atoms with van der Waals surface area (Å²) in [6.45, 7) is 5.65. The molecular weight excluding hydrogens is 279 g/mol. The van der Waals surface area contributed by atoms with Gasteiger partial charge in [-0.25, -0.2) is 14.4 Å². The first-order valence-corrected chi connectivity index (χ1v) is 7.63. The Morgan fingerprint density at radius 1 is 1.18 bits per heavy atom. The van der Waals surface area contributed by atoms with E-state index in [1.807, 2.05) is 20.0 Å². The van der Waals surface area contributed by atoms with Crippen LogP contribution in [0.25, 0.3) is 0 Å². The third kappa shape index (κ3) is 4.69. The van der Waals surface area contributed by atoms with Crippen LogP contribution >= 0.6 is 0 Å². The van der Waals surface area contributed by atoms with Crippen molar-refractivity contribution in [1.29, 1.82) is 0 Å². The molecule has 0 radical (unpaired) electrons. The SMILES string of the molecule is CCCCN(C)c1cc(NCc2ccc(F)cc2)nc(C)n1. The zero-order valence-corrected chi connectivity index (χ0v) is 13.4. The number of nitrogens with zero attached hydrogens (tertiary/aromatic N) is 3. The van der Waals surface area contributed by atoms with Crippen LogP contribution in [-0.4, -0.2) is 23.6 Å². The smallest absolute Gasteiger partial charge is 0.134 e. The minimum absolute atomic E-state index is 0.221. The van der Waals surface area contributed by atoms with Crippen molar-refractivity contribution in [2.75, 3.05) is 23.8 Å². The van der Waals surface area contributed by atoms with Gasteiger partial charge in [0.1, 0.15) is 23.3 Å². The topological polar surface area (TPSA) is 41.0 Å². The highest BCUT2D eigenvalue weighted by Gasteiger charge is 2.06. The van der Waals surface area contributed by atoms with Gasteiger partial charge < -0.3 is 10.2 Å². The van der Waals surface area contributed by atoms with Crippen molar-refractivity contribution in [3.63, 3.8) is 0 Å². The van der Waals surface area contributed by atoms with Crippen molar-refractivity contribution in [3.05, 3.63) is 47.5 Å². The average molecular weight is 302 g/mol. The van der Waals surface area contributed by atoms with Crippen LogP contribution in [0.1, 0.15) is 31.2 Å². The Hall–Kier alpha value is -2.17. The van der Waals surface area contributed by atoms with Crippen LogP contribution in [-0.2, 0) is 6.54 Å². The Morgan fingerprint density at radius 2 is 1.91 bits per heavy atom. The lowest BCUT2D eigenvalue weighted by molar-refractivity contribution is 0.627. The van der Waals surface area contributed by atoms with Crippen LogP contribution in [0.4, 0.5) is 16.0 Å². The van der Waals surface area contributed by atoms with Crippen LogP contribution in [0.2, 0.25) is 0 Å². The van der Waals surface area contributed by atoms with Crippen molar-refractivity contribution < 1.29 is 4.39 Å². The van der Waals surface area contributed by atoms with Gasteiger partial charge in [0.05, 0.1) is 0 Å². The summed E-state index contributed by atoms with van der Waals surface area (Å²) in [7, 11) is 2.04. The molecule has 0 amide bonds. The van der Waals surface area contributed by atoms with E-state index in [-0.39, 0.29) is 5.82 Å². The Morgan fingerprint density at radius 3 is 2.59 bits per heavy atom. The second kappa shape index (κ2) is 7.73. The predicted molar refractivity (Wildman–Crippen MR) is 88.7 cm³/mol. The Bertz CT molecular complexity index is 598. The molecule has 1 aromatic heterocycles. The fourth-order valence-electron chi connectivity index (χ4n) is 2.14. The molecule has 0 saturated carbocycles. The molecule has 2 aromatic rings. The highest BCUT2D eigenvalue weighted by molar-refractivity contribution is 5.49. The molecule has 0 spiro atoms. The van der Waals surface area contributed by atoms with Crippen molar-refractivity contribution in [1.82, 2.24) is 9.97 Å². The maximum Gasteiger partial charge on any atom is 0.134 e. The van der Waals surface area contributed by atoms with E-state index in [0.29, 0.717) is 6.54 Å². The number of benzene rings is 1. The number of rotatable bonds is 7. The van der Waals surface area contributed by atoms with Crippen LogP contribution in [0, 0.1) is 12.7 Å². The van der Waals surface area contributed by atoms with Crippen LogP contribution in [0.5, 0.6) is 0 Å². The van der Waals surface area contributed by atoms with Gasteiger partial charge in [-0.15, -0.1) is 0 Å². The third-order valence-electron chi connectivity index (χ3n) is 3.45. The normalized spacial score (nSPS) is 10.5. The van der Waals surface area contributed by atoms with E-state index in [0.717, 1.165) is 42.4 Å². The summed E-state index contributed by atoms with van der Waals surface area (Å²) in [6, 6.07) is 8.42. The minimum atomic E-state index is -0.221. The highest BCUT2D eigenvalue weighted by atomic mass is 19.1. The maximum absolute atomic E-state index is 12.9. The molecule has 22 heavy (non-hydrogen) atoms. The molecule has 0 bridgehead atoms. The first-order valence-electron chi connectivity index (χ1n) is 7.63. The average Bonchev–Trinajstić information content (AvgIpc) is 2.51. The van der Waals surface area contributed by atoms with E-state index in [9.17, 15) is 4.39 Å². The fourth-order valence-corrected chi connectivity index (χ4v) is 2.14. The summed E-state index contributed by atoms with van der Waals surface area (Å²) in [6.07, 6.45) is 2.29. The zero-order chi connectivity index (χ0) is 15.9. The lowest BCUT2D eigenvalue weighted by atomic mass is 10.2. The summed E-state index contributed by atoms with van der Waals surface area (Å²) in [4.78, 5) is 11.0. The van der Waals surface area contributed by atoms with Gasteiger partial charge in [0.15, 0.2) is 0 Å². The van der Waals surface area contributed by atoms with Crippen molar-refractivity contribution in [3.8, 4) is 0 Å². The molecule has 0 saturated heterocycles. The van der Waals surface area contributed by atoms with Gasteiger partial charge in [-0.05, 0) is 31.0 Å². The minimum Gasteiger partial charge on any atom is -0.366 e. The molecule has 1 heterocycles. The second-order valence-corrected chi connectivity index (χ2v) is 5.41. The Labute approximate surface area is 131 Å². The zero-order valence-electron chi connectivity index (χ0n) is 13.4. The Balaban J connectivity index is 2.04. The molecule has 0 unspecified atom stereocenters. The fraction of sp³-hybridized carbons (Fsp3) is 0.412. The molecule has 0 aliphatic heterocycles. The molecule has 118 valence electrons. The molecule has 0 aliphatic carbocycles. The van der Waals surface area contributed by atoms with Gasteiger partial charge in [-0.3, -0.25) is 0 Å². The first kappa shape index (κ1) is 16.2. The number of nitrogens with one attached hydrogen (secondary N) is 1. The second-order valence-electron chi connectivity index (χ2n) is 5.41. The van der Waals surface area contributed by atoms with Gasteiger partial charge in [-0.1, -0.05) is 25.5 Å². The number of halogens is 1. The van der Waals surface area contributed by atoms with Crippen LogP contribution in [0.15, 0.2) is 30.3 Å². The Kier molecular flexibility index (Phi) is 5.69. The van der Waals surface area contributed by atoms with Gasteiger partial charge >= 0.3 is 0 Å². The number of hydrogen-bond donors (Lipinski definition) is 1. The van der Waals surface area contributed by atoms with E-state index in [1.54, 1.807) is 12.1 Å². The molecule has 2 rings (SSSR count). The largest absolute Gasteiger partial charge is 0.366 e. The van der Waals surface area contributed by atoms with Gasteiger partial charge in [0, 0.05) is 26.2 Å². The number of hydrogen-bond acceptors (Lipinski definition) is 4. The lowest BCUT2D eigenvalue weighted by Gasteiger charge is -2.19. The molecule has 4 nitrogen and oxygen atoms in total. The predicted octanol–water partition coefficient (Wildman–Crippen LogP) is 3.77. The number of anilines is 2. The molecule has 0 aliphatic rings. The van der Waals surface area contributed by atoms with Crippen LogP contribution < -0.4 is 10.2 Å². The standard InChI is InChI=1S/C17H23FN4/c1-4-5-10-22(3)17-11-16(20-13(2)21-17)19-12-14-6-8-15(18)9-7-14/h6-9,11H,4-5,10,12H2,1-3H3,(H,19,20,21). The monoisotopic (exact) mass is 302 g/mol. The summed E-state index contributed by atoms with van der Waals surface area (Å²) in [5, 5.41) is 3.27. The summed E-state index contributed by atoms with van der Waals surface area (Å²) >= 11 is 0. The van der Waals surface area contributed by atoms with Crippen molar-refractivity contribution >= 4 is 11.6 Å². The molecule has 5 heteroatoms. The van der Waals surface area contributed by atoms with Gasteiger partial charge in [-0.2, -0.15) is 0 Å². The maximum atomic E-state index is 12.9. The molecule has 1 N–H and O–H groups in total. The highest BCUT2D eigenvalue weighted by Crippen LogP contribution is 2.16. The summed E-state index contributed by atoms with van der Waals surface area (Å²) in [5.74, 6) is 2.22. The molecular formula is C17H23FN4. The van der Waals surface area contributed by atoms with Crippen molar-refractivity contribution in [2.24, 2.45) is 0 Å². The number of aryl methyl sites for hydroxylation is 1. The summed E-state index contributed by atoms with van der Waals surface area (Å²) < 4.78 is 12.9. The van der Waals surface area contributed by atoms with Gasteiger partial charge in [0.25, 0.3) is 0 Å². The van der Waals surface area contributed by atoms with E-state index < -0.39 is 0 Å². The molecule has 1 aromatic carbocycles. The van der Waals surface area contributed by atoms with E-state index >= 15 is 0 Å². The molecule has 0 fully saturated rings. The van der Waals surface area contributed by atoms with Gasteiger partial charge in [0.2, 0.25) is 0 Å². The third-order valence-corrected chi connectivity index (χ3v) is 3.45. The van der Waals surface area contributed by atoms with E-state index in [1.165, 1.54) is 12.1 Å². The molecule has 0 atom stereocenters.